The number of anilines is 1. The fourth-order valence-corrected chi connectivity index (χ4v) is 5.28. The minimum absolute atomic E-state index is 0.0184. The van der Waals surface area contributed by atoms with Crippen LogP contribution in [0.5, 0.6) is 0 Å². The van der Waals surface area contributed by atoms with Gasteiger partial charge in [0.1, 0.15) is 10.8 Å². The first-order valence-electron chi connectivity index (χ1n) is 9.64. The molecule has 1 aliphatic heterocycles. The van der Waals surface area contributed by atoms with Crippen molar-refractivity contribution in [3.8, 4) is 0 Å². The van der Waals surface area contributed by atoms with Gasteiger partial charge in [-0.05, 0) is 43.2 Å². The third-order valence-electron chi connectivity index (χ3n) is 4.65. The van der Waals surface area contributed by atoms with E-state index in [1.54, 1.807) is 24.0 Å². The van der Waals surface area contributed by atoms with Crippen LogP contribution in [0.4, 0.5) is 9.39 Å². The van der Waals surface area contributed by atoms with Gasteiger partial charge in [0.05, 0.1) is 18.7 Å². The fraction of sp³-hybridized carbons (Fsp3) is 0.381. The van der Waals surface area contributed by atoms with Gasteiger partial charge in [-0.25, -0.2) is 9.18 Å². The van der Waals surface area contributed by atoms with E-state index in [-0.39, 0.29) is 30.7 Å². The van der Waals surface area contributed by atoms with E-state index in [0.717, 1.165) is 15.3 Å². The third kappa shape index (κ3) is 5.40. The van der Waals surface area contributed by atoms with Gasteiger partial charge in [-0.1, -0.05) is 0 Å². The maximum Gasteiger partial charge on any atom is 0.341 e. The average molecular weight is 451 g/mol. The Bertz CT molecular complexity index is 943. The van der Waals surface area contributed by atoms with E-state index in [2.05, 4.69) is 5.32 Å². The lowest BCUT2D eigenvalue weighted by molar-refractivity contribution is -0.129. The van der Waals surface area contributed by atoms with Crippen LogP contribution in [0.1, 0.15) is 41.1 Å². The lowest BCUT2D eigenvalue weighted by atomic mass is 10.0. The average Bonchev–Trinajstić information content (AvgIpc) is 3.06. The number of rotatable bonds is 7. The van der Waals surface area contributed by atoms with Crippen molar-refractivity contribution in [2.75, 3.05) is 24.2 Å². The van der Waals surface area contributed by atoms with Crippen molar-refractivity contribution < 1.29 is 23.5 Å². The molecule has 30 heavy (non-hydrogen) atoms. The van der Waals surface area contributed by atoms with Crippen molar-refractivity contribution in [3.63, 3.8) is 0 Å². The van der Waals surface area contributed by atoms with E-state index < -0.39 is 5.97 Å². The number of thiophene rings is 1. The second-order valence-electron chi connectivity index (χ2n) is 6.72. The first-order valence-corrected chi connectivity index (χ1v) is 11.4. The van der Waals surface area contributed by atoms with Gasteiger partial charge in [-0.15, -0.1) is 23.1 Å². The number of amides is 2. The molecule has 3 rings (SSSR count). The van der Waals surface area contributed by atoms with Crippen LogP contribution in [0.3, 0.4) is 0 Å². The van der Waals surface area contributed by atoms with Gasteiger partial charge in [0, 0.05) is 35.4 Å². The van der Waals surface area contributed by atoms with E-state index in [1.807, 2.05) is 0 Å². The van der Waals surface area contributed by atoms with Gasteiger partial charge in [0.25, 0.3) is 0 Å². The Morgan fingerprint density at radius 3 is 2.67 bits per heavy atom. The van der Waals surface area contributed by atoms with E-state index in [9.17, 15) is 18.8 Å². The summed E-state index contributed by atoms with van der Waals surface area (Å²) in [4.78, 5) is 40.2. The van der Waals surface area contributed by atoms with E-state index in [4.69, 9.17) is 4.74 Å². The molecular weight excluding hydrogens is 427 g/mol. The van der Waals surface area contributed by atoms with Gasteiger partial charge in [-0.3, -0.25) is 9.59 Å². The van der Waals surface area contributed by atoms with Crippen LogP contribution in [0.25, 0.3) is 0 Å². The monoisotopic (exact) mass is 450 g/mol. The number of carbonyl (C=O) groups excluding carboxylic acids is 3. The first kappa shape index (κ1) is 22.3. The normalized spacial score (nSPS) is 13.0. The fourth-order valence-electron chi connectivity index (χ4n) is 3.16. The molecule has 1 aromatic carbocycles. The zero-order valence-corrected chi connectivity index (χ0v) is 18.5. The Morgan fingerprint density at radius 2 is 2.00 bits per heavy atom. The Kier molecular flexibility index (Phi) is 7.49. The zero-order chi connectivity index (χ0) is 21.7. The van der Waals surface area contributed by atoms with Crippen LogP contribution < -0.4 is 5.32 Å². The number of nitrogens with one attached hydrogen (secondary N) is 1. The molecular formula is C21H23FN2O4S2. The summed E-state index contributed by atoms with van der Waals surface area (Å²) in [5.74, 6) is -0.460. The molecule has 0 atom stereocenters. The highest BCUT2D eigenvalue weighted by Gasteiger charge is 2.30. The molecule has 0 aliphatic carbocycles. The number of carbonyl (C=O) groups is 3. The number of ether oxygens (including phenoxy) is 1. The highest BCUT2D eigenvalue weighted by molar-refractivity contribution is 7.99. The molecule has 160 valence electrons. The number of fused-ring (bicyclic) bond motifs is 1. The molecule has 6 nitrogen and oxygen atoms in total. The molecule has 2 aromatic rings. The minimum atomic E-state index is -0.456. The van der Waals surface area contributed by atoms with Crippen LogP contribution in [0.15, 0.2) is 29.2 Å². The van der Waals surface area contributed by atoms with Crippen molar-refractivity contribution in [2.24, 2.45) is 0 Å². The minimum Gasteiger partial charge on any atom is -0.462 e. The highest BCUT2D eigenvalue weighted by atomic mass is 32.2. The SMILES string of the molecule is CCOC(=O)c1c(NC(=O)CCSc2ccc(F)cc2)sc2c1CCN(C(C)=O)C2. The molecule has 0 saturated heterocycles. The smallest absolute Gasteiger partial charge is 0.341 e. The van der Waals surface area contributed by atoms with Gasteiger partial charge < -0.3 is 15.0 Å². The molecule has 2 heterocycles. The van der Waals surface area contributed by atoms with Crippen LogP contribution in [-0.2, 0) is 27.3 Å². The summed E-state index contributed by atoms with van der Waals surface area (Å²) in [5, 5.41) is 3.32. The molecule has 1 aliphatic rings. The molecule has 0 saturated carbocycles. The summed E-state index contributed by atoms with van der Waals surface area (Å²) in [7, 11) is 0. The molecule has 0 unspecified atom stereocenters. The standard InChI is InChI=1S/C21H23FN2O4S2/c1-3-28-21(27)19-16-8-10-24(13(2)25)12-17(16)30-20(19)23-18(26)9-11-29-15-6-4-14(22)5-7-15/h4-7H,3,8-12H2,1-2H3,(H,23,26). The predicted octanol–water partition coefficient (Wildman–Crippen LogP) is 4.09. The molecule has 0 bridgehead atoms. The third-order valence-corrected chi connectivity index (χ3v) is 6.79. The number of halogens is 1. The summed E-state index contributed by atoms with van der Waals surface area (Å²) in [5.41, 5.74) is 1.26. The first-order chi connectivity index (χ1) is 14.4. The second kappa shape index (κ2) is 10.1. The molecule has 1 aromatic heterocycles. The molecule has 0 radical (unpaired) electrons. The quantitative estimate of drug-likeness (QED) is 0.508. The molecule has 0 spiro atoms. The Labute approximate surface area is 182 Å². The summed E-state index contributed by atoms with van der Waals surface area (Å²) in [6.45, 7) is 4.46. The highest BCUT2D eigenvalue weighted by Crippen LogP contribution is 2.38. The summed E-state index contributed by atoms with van der Waals surface area (Å²) < 4.78 is 18.2. The maximum atomic E-state index is 13.0. The number of nitrogens with zero attached hydrogens (tertiary/aromatic N) is 1. The molecule has 0 fully saturated rings. The van der Waals surface area contributed by atoms with E-state index in [0.29, 0.717) is 35.8 Å². The van der Waals surface area contributed by atoms with Gasteiger partial charge >= 0.3 is 5.97 Å². The van der Waals surface area contributed by atoms with Crippen LogP contribution in [-0.4, -0.2) is 41.6 Å². The second-order valence-corrected chi connectivity index (χ2v) is 8.99. The topological polar surface area (TPSA) is 75.7 Å². The summed E-state index contributed by atoms with van der Waals surface area (Å²) >= 11 is 2.78. The van der Waals surface area contributed by atoms with Crippen molar-refractivity contribution in [1.29, 1.82) is 0 Å². The van der Waals surface area contributed by atoms with Crippen molar-refractivity contribution >= 4 is 45.9 Å². The van der Waals surface area contributed by atoms with Gasteiger partial charge in [-0.2, -0.15) is 0 Å². The molecule has 1 N–H and O–H groups in total. The molecule has 9 heteroatoms. The van der Waals surface area contributed by atoms with E-state index in [1.165, 1.54) is 42.2 Å². The van der Waals surface area contributed by atoms with Crippen LogP contribution in [0, 0.1) is 5.82 Å². The molecule has 2 amide bonds. The Morgan fingerprint density at radius 1 is 1.27 bits per heavy atom. The number of benzene rings is 1. The zero-order valence-electron chi connectivity index (χ0n) is 16.8. The number of hydrogen-bond acceptors (Lipinski definition) is 6. The number of thioether (sulfide) groups is 1. The van der Waals surface area contributed by atoms with Crippen LogP contribution in [0.2, 0.25) is 0 Å². The Hall–Kier alpha value is -2.39. The lowest BCUT2D eigenvalue weighted by Gasteiger charge is -2.25. The lowest BCUT2D eigenvalue weighted by Crippen LogP contribution is -2.34. The van der Waals surface area contributed by atoms with E-state index >= 15 is 0 Å². The van der Waals surface area contributed by atoms with Crippen LogP contribution >= 0.6 is 23.1 Å². The Balaban J connectivity index is 1.69. The van der Waals surface area contributed by atoms with Gasteiger partial charge in [0.15, 0.2) is 0 Å². The van der Waals surface area contributed by atoms with Crippen molar-refractivity contribution in [1.82, 2.24) is 4.90 Å². The van der Waals surface area contributed by atoms with Gasteiger partial charge in [0.2, 0.25) is 11.8 Å². The predicted molar refractivity (Wildman–Crippen MR) is 115 cm³/mol. The van der Waals surface area contributed by atoms with Crippen molar-refractivity contribution in [2.45, 2.75) is 38.1 Å². The largest absolute Gasteiger partial charge is 0.462 e. The maximum absolute atomic E-state index is 13.0. The summed E-state index contributed by atoms with van der Waals surface area (Å²) in [6.07, 6.45) is 0.794. The number of hydrogen-bond donors (Lipinski definition) is 1. The summed E-state index contributed by atoms with van der Waals surface area (Å²) in [6, 6.07) is 6.11. The van der Waals surface area contributed by atoms with Crippen molar-refractivity contribution in [3.05, 3.63) is 46.1 Å². The number of esters is 1.